The number of aliphatic carboxylic acids is 1. The van der Waals surface area contributed by atoms with Crippen molar-refractivity contribution in [2.45, 2.75) is 181 Å². The van der Waals surface area contributed by atoms with Gasteiger partial charge in [-0.25, -0.2) is 0 Å². The van der Waals surface area contributed by atoms with E-state index in [1.807, 2.05) is 60.7 Å². The Bertz CT molecular complexity index is 1140. The lowest BCUT2D eigenvalue weighted by Gasteiger charge is -2.13. The van der Waals surface area contributed by atoms with Gasteiger partial charge in [-0.3, -0.25) is 14.4 Å². The Morgan fingerprint density at radius 1 is 0.509 bits per heavy atom. The fraction of sp³-hybridized carbons (Fsp3) is 0.674. The van der Waals surface area contributed by atoms with Crippen molar-refractivity contribution in [1.29, 1.82) is 0 Å². The molecule has 7 heteroatoms. The van der Waals surface area contributed by atoms with Crippen molar-refractivity contribution < 1.29 is 34.1 Å². The lowest BCUT2D eigenvalue weighted by atomic mass is 9.95. The molecule has 0 saturated carbocycles. The molecule has 0 spiro atoms. The summed E-state index contributed by atoms with van der Waals surface area (Å²) in [5.41, 5.74) is 1.98. The van der Waals surface area contributed by atoms with Crippen LogP contribution in [0.5, 0.6) is 0 Å². The summed E-state index contributed by atoms with van der Waals surface area (Å²) in [6.07, 6.45) is 25.6. The molecule has 2 N–H and O–H groups in total. The molecule has 2 atom stereocenters. The van der Waals surface area contributed by atoms with Gasteiger partial charge in [-0.1, -0.05) is 177 Å². The topological polar surface area (TPSA) is 110 Å². The van der Waals surface area contributed by atoms with Crippen molar-refractivity contribution in [3.8, 4) is 0 Å². The summed E-state index contributed by atoms with van der Waals surface area (Å²) in [6, 6.07) is 19.3. The fourth-order valence-corrected chi connectivity index (χ4v) is 6.46. The molecule has 0 fully saturated rings. The van der Waals surface area contributed by atoms with Gasteiger partial charge in [-0.15, -0.1) is 0 Å². The zero-order valence-corrected chi connectivity index (χ0v) is 33.5. The number of hydrogen-bond acceptors (Lipinski definition) is 6. The van der Waals surface area contributed by atoms with E-state index in [1.54, 1.807) is 0 Å². The van der Waals surface area contributed by atoms with Crippen LogP contribution in [0.4, 0.5) is 0 Å². The molecule has 0 aliphatic heterocycles. The molecule has 300 valence electrons. The quantitative estimate of drug-likeness (QED) is 0.0568. The third kappa shape index (κ3) is 28.9. The van der Waals surface area contributed by atoms with E-state index in [0.29, 0.717) is 38.2 Å². The van der Waals surface area contributed by atoms with Crippen LogP contribution in [-0.2, 0) is 37.1 Å². The Balaban J connectivity index is 0.000000530. The molecular weight excluding hydrogens is 664 g/mol. The number of aliphatic hydroxyl groups is 1. The molecule has 0 aromatic heterocycles. The Morgan fingerprint density at radius 3 is 1.28 bits per heavy atom. The standard InChI is InChI=1S/C23H36O4.C23H38O3/c1-2-3-4-5-6-7-8-12-16-21(23(25)26)17-13-18-22(24)27-19-20-14-10-9-11-15-20;1-2-3-4-5-6-7-8-10-14-21(19-24)17-13-18-23(25)26-20-22-15-11-9-12-16-22/h9-11,14-15,21H,2-8,12-13,16-19H2,1H3,(H,25,26);9,11-12,15-16,21,24H,2-8,10,13-14,17-20H2,1H3. The SMILES string of the molecule is CCCCCCCCCCC(CCCC(=O)OCc1ccccc1)C(=O)O.CCCCCCCCCCC(CO)CCCC(=O)OCc1ccccc1. The molecule has 0 radical (unpaired) electrons. The van der Waals surface area contributed by atoms with Crippen LogP contribution in [0.15, 0.2) is 60.7 Å². The second-order valence-electron chi connectivity index (χ2n) is 14.7. The van der Waals surface area contributed by atoms with Gasteiger partial charge in [0.05, 0.1) is 5.92 Å². The summed E-state index contributed by atoms with van der Waals surface area (Å²) in [4.78, 5) is 35.0. The number of carboxylic acids is 1. The van der Waals surface area contributed by atoms with E-state index >= 15 is 0 Å². The number of aliphatic hydroxyl groups excluding tert-OH is 1. The van der Waals surface area contributed by atoms with Gasteiger partial charge >= 0.3 is 17.9 Å². The molecule has 2 aromatic rings. The van der Waals surface area contributed by atoms with Gasteiger partial charge in [0.1, 0.15) is 13.2 Å². The molecule has 2 aromatic carbocycles. The summed E-state index contributed by atoms with van der Waals surface area (Å²) < 4.78 is 10.5. The van der Waals surface area contributed by atoms with E-state index in [4.69, 9.17) is 9.47 Å². The average Bonchev–Trinajstić information content (AvgIpc) is 3.17. The number of hydrogen-bond donors (Lipinski definition) is 2. The van der Waals surface area contributed by atoms with E-state index in [1.165, 1.54) is 89.9 Å². The van der Waals surface area contributed by atoms with Crippen LogP contribution in [0.1, 0.15) is 179 Å². The normalized spacial score (nSPS) is 12.0. The second kappa shape index (κ2) is 34.6. The zero-order valence-electron chi connectivity index (χ0n) is 33.5. The number of carboxylic acid groups (broad SMARTS) is 1. The molecule has 0 bridgehead atoms. The smallest absolute Gasteiger partial charge is 0.306 e. The van der Waals surface area contributed by atoms with Crippen LogP contribution < -0.4 is 0 Å². The van der Waals surface area contributed by atoms with Crippen molar-refractivity contribution in [3.63, 3.8) is 0 Å². The molecule has 2 unspecified atom stereocenters. The van der Waals surface area contributed by atoms with Crippen molar-refractivity contribution in [2.24, 2.45) is 11.8 Å². The van der Waals surface area contributed by atoms with Gasteiger partial charge in [0.25, 0.3) is 0 Å². The van der Waals surface area contributed by atoms with Gasteiger partial charge in [-0.2, -0.15) is 0 Å². The van der Waals surface area contributed by atoms with Crippen molar-refractivity contribution in [2.75, 3.05) is 6.61 Å². The summed E-state index contributed by atoms with van der Waals surface area (Å²) in [6.45, 7) is 5.32. The van der Waals surface area contributed by atoms with Gasteiger partial charge in [-0.05, 0) is 55.6 Å². The number of benzene rings is 2. The lowest BCUT2D eigenvalue weighted by molar-refractivity contribution is -0.146. The van der Waals surface area contributed by atoms with E-state index in [-0.39, 0.29) is 37.5 Å². The first-order valence-corrected chi connectivity index (χ1v) is 21.1. The Kier molecular flexibility index (Phi) is 31.2. The predicted molar refractivity (Wildman–Crippen MR) is 216 cm³/mol. The van der Waals surface area contributed by atoms with Crippen LogP contribution in [0.3, 0.4) is 0 Å². The summed E-state index contributed by atoms with van der Waals surface area (Å²) in [7, 11) is 0. The molecule has 0 aliphatic carbocycles. The van der Waals surface area contributed by atoms with Crippen LogP contribution in [-0.4, -0.2) is 34.7 Å². The molecular formula is C46H74O7. The van der Waals surface area contributed by atoms with Gasteiger partial charge in [0.2, 0.25) is 0 Å². The maximum Gasteiger partial charge on any atom is 0.306 e. The van der Waals surface area contributed by atoms with Gasteiger partial charge < -0.3 is 19.7 Å². The number of rotatable bonds is 32. The highest BCUT2D eigenvalue weighted by Crippen LogP contribution is 2.20. The molecule has 7 nitrogen and oxygen atoms in total. The fourth-order valence-electron chi connectivity index (χ4n) is 6.46. The van der Waals surface area contributed by atoms with Crippen molar-refractivity contribution in [3.05, 3.63) is 71.8 Å². The third-order valence-electron chi connectivity index (χ3n) is 9.89. The number of esters is 2. The Labute approximate surface area is 322 Å². The molecule has 53 heavy (non-hydrogen) atoms. The van der Waals surface area contributed by atoms with E-state index in [2.05, 4.69) is 13.8 Å². The van der Waals surface area contributed by atoms with E-state index in [9.17, 15) is 24.6 Å². The molecule has 2 rings (SSSR count). The number of carbonyl (C=O) groups is 3. The van der Waals surface area contributed by atoms with Crippen molar-refractivity contribution in [1.82, 2.24) is 0 Å². The van der Waals surface area contributed by atoms with Crippen LogP contribution in [0.25, 0.3) is 0 Å². The molecule has 0 saturated heterocycles. The lowest BCUT2D eigenvalue weighted by Crippen LogP contribution is -2.14. The Morgan fingerprint density at radius 2 is 0.868 bits per heavy atom. The predicted octanol–water partition coefficient (Wildman–Crippen LogP) is 12.2. The average molecular weight is 739 g/mol. The molecule has 0 aliphatic rings. The number of unbranched alkanes of at least 4 members (excludes halogenated alkanes) is 14. The van der Waals surface area contributed by atoms with E-state index in [0.717, 1.165) is 43.2 Å². The first kappa shape index (κ1) is 47.8. The number of carbonyl (C=O) groups excluding carboxylic acids is 2. The minimum atomic E-state index is -0.740. The largest absolute Gasteiger partial charge is 0.481 e. The molecule has 0 amide bonds. The first-order chi connectivity index (χ1) is 25.9. The third-order valence-corrected chi connectivity index (χ3v) is 9.89. The highest BCUT2D eigenvalue weighted by Gasteiger charge is 2.17. The summed E-state index contributed by atoms with van der Waals surface area (Å²) >= 11 is 0. The zero-order chi connectivity index (χ0) is 38.6. The van der Waals surface area contributed by atoms with Crippen LogP contribution in [0.2, 0.25) is 0 Å². The van der Waals surface area contributed by atoms with Crippen LogP contribution in [0, 0.1) is 11.8 Å². The van der Waals surface area contributed by atoms with Gasteiger partial charge in [0, 0.05) is 19.4 Å². The highest BCUT2D eigenvalue weighted by atomic mass is 16.5. The maximum absolute atomic E-state index is 11.8. The molecule has 0 heterocycles. The van der Waals surface area contributed by atoms with Crippen molar-refractivity contribution >= 4 is 17.9 Å². The summed E-state index contributed by atoms with van der Waals surface area (Å²) in [5.74, 6) is -1.15. The minimum Gasteiger partial charge on any atom is -0.481 e. The monoisotopic (exact) mass is 739 g/mol. The van der Waals surface area contributed by atoms with Gasteiger partial charge in [0.15, 0.2) is 0 Å². The van der Waals surface area contributed by atoms with Crippen LogP contribution >= 0.6 is 0 Å². The second-order valence-corrected chi connectivity index (χ2v) is 14.7. The Hall–Kier alpha value is -3.19. The van der Waals surface area contributed by atoms with E-state index < -0.39 is 5.97 Å². The minimum absolute atomic E-state index is 0.141. The highest BCUT2D eigenvalue weighted by molar-refractivity contribution is 5.71. The number of ether oxygens (including phenoxy) is 2. The summed E-state index contributed by atoms with van der Waals surface area (Å²) in [5, 5.41) is 18.9. The maximum atomic E-state index is 11.8. The first-order valence-electron chi connectivity index (χ1n) is 21.1.